The van der Waals surface area contributed by atoms with E-state index >= 15 is 0 Å². The molecule has 0 aliphatic carbocycles. The molecule has 0 bridgehead atoms. The molecule has 0 aromatic carbocycles. The van der Waals surface area contributed by atoms with Crippen LogP contribution in [0.1, 0.15) is 72.1 Å². The molecule has 0 atom stereocenters. The van der Waals surface area contributed by atoms with Gasteiger partial charge in [0.05, 0.1) is 12.5 Å². The van der Waals surface area contributed by atoms with Gasteiger partial charge in [0.2, 0.25) is 0 Å². The zero-order chi connectivity index (χ0) is 20.6. The summed E-state index contributed by atoms with van der Waals surface area (Å²) in [5.41, 5.74) is 0. The zero-order valence-corrected chi connectivity index (χ0v) is 16.4. The van der Waals surface area contributed by atoms with Gasteiger partial charge < -0.3 is 14.6 Å². The highest BCUT2D eigenvalue weighted by Crippen LogP contribution is 2.08. The van der Waals surface area contributed by atoms with Crippen molar-refractivity contribution in [3.8, 4) is 0 Å². The lowest BCUT2D eigenvalue weighted by Crippen LogP contribution is -1.98. The molecule has 0 aliphatic heterocycles. The average Bonchev–Trinajstić information content (AvgIpc) is 2.55. The van der Waals surface area contributed by atoms with Gasteiger partial charge >= 0.3 is 17.9 Å². The maximum atomic E-state index is 10.9. The van der Waals surface area contributed by atoms with Crippen molar-refractivity contribution in [2.24, 2.45) is 0 Å². The Morgan fingerprint density at radius 3 is 1.73 bits per heavy atom. The fourth-order valence-corrected chi connectivity index (χ4v) is 1.64. The van der Waals surface area contributed by atoms with Gasteiger partial charge in [-0.15, -0.1) is 0 Å². The van der Waals surface area contributed by atoms with Crippen molar-refractivity contribution < 1.29 is 29.0 Å². The third-order valence-electron chi connectivity index (χ3n) is 2.76. The van der Waals surface area contributed by atoms with Crippen LogP contribution in [0.4, 0.5) is 0 Å². The number of carbonyl (C=O) groups is 3. The minimum Gasteiger partial charge on any atom is -0.478 e. The maximum absolute atomic E-state index is 10.9. The lowest BCUT2D eigenvalue weighted by molar-refractivity contribution is -0.138. The molecule has 0 spiro atoms. The van der Waals surface area contributed by atoms with Crippen LogP contribution in [-0.4, -0.2) is 23.0 Å². The van der Waals surface area contributed by atoms with Crippen molar-refractivity contribution in [3.05, 3.63) is 37.8 Å². The Labute approximate surface area is 157 Å². The first kappa shape index (κ1) is 28.4. The highest BCUT2D eigenvalue weighted by molar-refractivity contribution is 5.79. The SMILES string of the molecule is C/C=C/C(=O)O.C=COC(=O)CCCCCCCCC.C=COC(C)=O. The molecule has 150 valence electrons. The molecule has 0 saturated heterocycles. The van der Waals surface area contributed by atoms with E-state index in [4.69, 9.17) is 5.11 Å². The van der Waals surface area contributed by atoms with Crippen LogP contribution in [0.3, 0.4) is 0 Å². The molecule has 26 heavy (non-hydrogen) atoms. The summed E-state index contributed by atoms with van der Waals surface area (Å²) in [7, 11) is 0. The molecule has 1 N–H and O–H groups in total. The van der Waals surface area contributed by atoms with Gasteiger partial charge in [-0.05, 0) is 13.3 Å². The monoisotopic (exact) mass is 370 g/mol. The molecule has 6 heteroatoms. The topological polar surface area (TPSA) is 89.9 Å². The molecular formula is C20H34O6. The second kappa shape index (κ2) is 24.9. The van der Waals surface area contributed by atoms with Crippen LogP contribution in [0, 0.1) is 0 Å². The van der Waals surface area contributed by atoms with Crippen molar-refractivity contribution in [2.75, 3.05) is 0 Å². The van der Waals surface area contributed by atoms with Gasteiger partial charge in [-0.25, -0.2) is 4.79 Å². The first-order valence-electron chi connectivity index (χ1n) is 8.79. The number of hydrogen-bond acceptors (Lipinski definition) is 5. The van der Waals surface area contributed by atoms with Gasteiger partial charge in [-0.3, -0.25) is 9.59 Å². The average molecular weight is 370 g/mol. The Kier molecular flexibility index (Phi) is 27.2. The van der Waals surface area contributed by atoms with E-state index < -0.39 is 5.97 Å². The predicted octanol–water partition coefficient (Wildman–Crippen LogP) is 5.15. The van der Waals surface area contributed by atoms with Crippen LogP contribution in [-0.2, 0) is 23.9 Å². The van der Waals surface area contributed by atoms with Crippen molar-refractivity contribution in [1.82, 2.24) is 0 Å². The van der Waals surface area contributed by atoms with Crippen molar-refractivity contribution >= 4 is 17.9 Å². The van der Waals surface area contributed by atoms with Gasteiger partial charge in [-0.1, -0.05) is 64.7 Å². The van der Waals surface area contributed by atoms with E-state index in [1.54, 1.807) is 6.92 Å². The molecule has 0 heterocycles. The molecule has 0 radical (unpaired) electrons. The quantitative estimate of drug-likeness (QED) is 0.234. The summed E-state index contributed by atoms with van der Waals surface area (Å²) in [6.07, 6.45) is 13.9. The number of carboxylic acid groups (broad SMARTS) is 1. The Morgan fingerprint density at radius 1 is 0.923 bits per heavy atom. The van der Waals surface area contributed by atoms with Gasteiger partial charge in [-0.2, -0.15) is 0 Å². The predicted molar refractivity (Wildman–Crippen MR) is 103 cm³/mol. The Bertz CT molecular complexity index is 413. The number of carboxylic acids is 1. The van der Waals surface area contributed by atoms with E-state index in [9.17, 15) is 14.4 Å². The number of allylic oxidation sites excluding steroid dienone is 1. The molecule has 0 rings (SSSR count). The Hall–Kier alpha value is -2.37. The normalized spacial score (nSPS) is 9.04. The van der Waals surface area contributed by atoms with E-state index in [0.29, 0.717) is 6.42 Å². The van der Waals surface area contributed by atoms with E-state index in [0.717, 1.165) is 25.2 Å². The van der Waals surface area contributed by atoms with Crippen molar-refractivity contribution in [2.45, 2.75) is 72.1 Å². The zero-order valence-electron chi connectivity index (χ0n) is 16.4. The van der Waals surface area contributed by atoms with Crippen molar-refractivity contribution in [3.63, 3.8) is 0 Å². The Balaban J connectivity index is -0.000000364. The highest BCUT2D eigenvalue weighted by atomic mass is 16.5. The minimum atomic E-state index is -0.891. The van der Waals surface area contributed by atoms with Gasteiger partial charge in [0.1, 0.15) is 0 Å². The van der Waals surface area contributed by atoms with E-state index in [-0.39, 0.29) is 11.9 Å². The molecule has 0 aromatic rings. The molecular weight excluding hydrogens is 336 g/mol. The summed E-state index contributed by atoms with van der Waals surface area (Å²) in [4.78, 5) is 30.1. The number of unbranched alkanes of at least 4 members (excludes halogenated alkanes) is 6. The summed E-state index contributed by atoms with van der Waals surface area (Å²) in [6, 6.07) is 0. The highest BCUT2D eigenvalue weighted by Gasteiger charge is 1.99. The summed E-state index contributed by atoms with van der Waals surface area (Å²) < 4.78 is 8.78. The second-order valence-electron chi connectivity index (χ2n) is 5.14. The van der Waals surface area contributed by atoms with Crippen LogP contribution in [0.15, 0.2) is 37.8 Å². The number of carbonyl (C=O) groups excluding carboxylic acids is 2. The summed E-state index contributed by atoms with van der Waals surface area (Å²) in [5.74, 6) is -1.38. The molecule has 0 aliphatic rings. The van der Waals surface area contributed by atoms with Crippen LogP contribution >= 0.6 is 0 Å². The van der Waals surface area contributed by atoms with Crippen LogP contribution < -0.4 is 0 Å². The lowest BCUT2D eigenvalue weighted by atomic mass is 10.1. The number of aliphatic carboxylic acids is 1. The summed E-state index contributed by atoms with van der Waals surface area (Å²) in [5, 5.41) is 7.83. The van der Waals surface area contributed by atoms with Gasteiger partial charge in [0.15, 0.2) is 0 Å². The standard InChI is InChI=1S/C12H22O2.2C4H6O2/c1-3-5-6-7-8-9-10-11-12(13)14-4-2;1-3-6-4(2)5;1-2-3-4(5)6/h4H,2-3,5-11H2,1H3;3H,1H2,2H3;2-3H,1H3,(H,5,6)/b;;3-2+. The smallest absolute Gasteiger partial charge is 0.327 e. The second-order valence-corrected chi connectivity index (χ2v) is 5.14. The fraction of sp³-hybridized carbons (Fsp3) is 0.550. The number of ether oxygens (including phenoxy) is 2. The van der Waals surface area contributed by atoms with Gasteiger partial charge in [0.25, 0.3) is 0 Å². The van der Waals surface area contributed by atoms with Crippen molar-refractivity contribution in [1.29, 1.82) is 0 Å². The molecule has 0 unspecified atom stereocenters. The molecule has 0 aromatic heterocycles. The van der Waals surface area contributed by atoms with Gasteiger partial charge in [0, 0.05) is 19.4 Å². The van der Waals surface area contributed by atoms with Crippen LogP contribution in [0.5, 0.6) is 0 Å². The minimum absolute atomic E-state index is 0.159. The molecule has 0 fully saturated rings. The largest absolute Gasteiger partial charge is 0.478 e. The third kappa shape index (κ3) is 37.7. The van der Waals surface area contributed by atoms with E-state index in [1.165, 1.54) is 51.4 Å². The summed E-state index contributed by atoms with van der Waals surface area (Å²) in [6.45, 7) is 11.7. The summed E-state index contributed by atoms with van der Waals surface area (Å²) >= 11 is 0. The maximum Gasteiger partial charge on any atom is 0.327 e. The first-order chi connectivity index (χ1) is 12.3. The molecule has 6 nitrogen and oxygen atoms in total. The lowest BCUT2D eigenvalue weighted by Gasteiger charge is -2.00. The number of rotatable bonds is 11. The Morgan fingerprint density at radius 2 is 1.42 bits per heavy atom. The molecule has 0 amide bonds. The third-order valence-corrected chi connectivity index (χ3v) is 2.76. The van der Waals surface area contributed by atoms with Crippen LogP contribution in [0.25, 0.3) is 0 Å². The van der Waals surface area contributed by atoms with Crippen LogP contribution in [0.2, 0.25) is 0 Å². The van der Waals surface area contributed by atoms with E-state index in [2.05, 4.69) is 29.6 Å². The molecule has 0 saturated carbocycles. The van der Waals surface area contributed by atoms with E-state index in [1.807, 2.05) is 0 Å². The first-order valence-corrected chi connectivity index (χ1v) is 8.79. The number of esters is 2. The number of hydrogen-bond donors (Lipinski definition) is 1. The fourth-order valence-electron chi connectivity index (χ4n) is 1.64.